The van der Waals surface area contributed by atoms with Gasteiger partial charge in [-0.1, -0.05) is 74.1 Å². The van der Waals surface area contributed by atoms with Crippen LogP contribution in [0.1, 0.15) is 25.8 Å². The second kappa shape index (κ2) is 9.92. The van der Waals surface area contributed by atoms with Crippen molar-refractivity contribution in [2.24, 2.45) is 11.8 Å². The van der Waals surface area contributed by atoms with Crippen LogP contribution in [0.5, 0.6) is 0 Å². The molecule has 5 rings (SSSR count). The van der Waals surface area contributed by atoms with E-state index in [9.17, 15) is 9.59 Å². The lowest BCUT2D eigenvalue weighted by Crippen LogP contribution is -2.43. The van der Waals surface area contributed by atoms with E-state index >= 15 is 0 Å². The highest BCUT2D eigenvalue weighted by molar-refractivity contribution is 7.99. The summed E-state index contributed by atoms with van der Waals surface area (Å²) >= 11 is 2.89. The van der Waals surface area contributed by atoms with Gasteiger partial charge in [0.1, 0.15) is 4.70 Å². The topological polar surface area (TPSA) is 55.2 Å². The Morgan fingerprint density at radius 1 is 1.06 bits per heavy atom. The molecule has 1 amide bonds. The molecule has 0 spiro atoms. The summed E-state index contributed by atoms with van der Waals surface area (Å²) in [5.41, 5.74) is 1.91. The van der Waals surface area contributed by atoms with Crippen molar-refractivity contribution in [2.75, 3.05) is 18.8 Å². The first-order chi connectivity index (χ1) is 16.5. The van der Waals surface area contributed by atoms with Gasteiger partial charge in [-0.15, -0.1) is 11.3 Å². The van der Waals surface area contributed by atoms with Crippen molar-refractivity contribution >= 4 is 49.3 Å². The first-order valence-electron chi connectivity index (χ1n) is 11.9. The summed E-state index contributed by atoms with van der Waals surface area (Å²) in [7, 11) is 0. The summed E-state index contributed by atoms with van der Waals surface area (Å²) in [6.07, 6.45) is 1.90. The number of rotatable bonds is 6. The third kappa shape index (κ3) is 4.77. The van der Waals surface area contributed by atoms with E-state index in [0.29, 0.717) is 34.0 Å². The molecule has 34 heavy (non-hydrogen) atoms. The zero-order valence-corrected chi connectivity index (χ0v) is 21.2. The Kier molecular flexibility index (Phi) is 6.75. The van der Waals surface area contributed by atoms with Crippen molar-refractivity contribution < 1.29 is 4.79 Å². The molecular weight excluding hydrogens is 462 g/mol. The van der Waals surface area contributed by atoms with Crippen molar-refractivity contribution in [2.45, 2.75) is 38.4 Å². The molecule has 0 bridgehead atoms. The van der Waals surface area contributed by atoms with Crippen LogP contribution in [0.3, 0.4) is 0 Å². The van der Waals surface area contributed by atoms with Crippen LogP contribution in [0.4, 0.5) is 0 Å². The second-order valence-corrected chi connectivity index (χ2v) is 11.4. The predicted molar refractivity (Wildman–Crippen MR) is 142 cm³/mol. The fourth-order valence-corrected chi connectivity index (χ4v) is 6.94. The molecule has 0 saturated carbocycles. The maximum absolute atomic E-state index is 13.6. The Labute approximate surface area is 207 Å². The molecule has 5 nitrogen and oxygen atoms in total. The van der Waals surface area contributed by atoms with E-state index in [4.69, 9.17) is 4.98 Å². The number of aryl methyl sites for hydroxylation is 1. The number of thiophene rings is 1. The molecule has 0 aliphatic carbocycles. The Morgan fingerprint density at radius 3 is 2.53 bits per heavy atom. The second-order valence-electron chi connectivity index (χ2n) is 9.40. The molecular formula is C27H29N3O2S2. The quantitative estimate of drug-likeness (QED) is 0.266. The Hall–Kier alpha value is -2.64. The molecule has 1 aliphatic rings. The van der Waals surface area contributed by atoms with Crippen LogP contribution in [0.25, 0.3) is 20.3 Å². The lowest BCUT2D eigenvalue weighted by molar-refractivity contribution is -0.130. The third-order valence-corrected chi connectivity index (χ3v) is 8.57. The number of hydrogen-bond acceptors (Lipinski definition) is 5. The van der Waals surface area contributed by atoms with Gasteiger partial charge in [0.15, 0.2) is 5.16 Å². The first kappa shape index (κ1) is 23.1. The van der Waals surface area contributed by atoms with E-state index in [1.165, 1.54) is 35.1 Å². The molecule has 2 aromatic carbocycles. The van der Waals surface area contributed by atoms with Gasteiger partial charge in [0.05, 0.1) is 11.3 Å². The van der Waals surface area contributed by atoms with Gasteiger partial charge in [-0.2, -0.15) is 0 Å². The van der Waals surface area contributed by atoms with Crippen molar-refractivity contribution in [3.05, 3.63) is 70.5 Å². The number of piperidine rings is 1. The van der Waals surface area contributed by atoms with E-state index in [1.807, 2.05) is 47.4 Å². The molecule has 4 aromatic rings. The number of amides is 1. The van der Waals surface area contributed by atoms with Crippen LogP contribution in [-0.4, -0.2) is 39.2 Å². The molecule has 1 fully saturated rings. The standard InChI is InChI=1S/C27H29N3O2S2/c1-18-14-19(2)16-29(15-18)23(31)17-33-27-28-24-21-10-6-7-11-22(21)34-25(24)26(32)30(27)13-12-20-8-4-3-5-9-20/h3-11,18-19H,12-17H2,1-2H3/t18-,19-/m1/s1. The number of fused-ring (bicyclic) bond motifs is 3. The molecule has 2 aromatic heterocycles. The van der Waals surface area contributed by atoms with Gasteiger partial charge in [0.25, 0.3) is 5.56 Å². The zero-order valence-electron chi connectivity index (χ0n) is 19.6. The minimum Gasteiger partial charge on any atom is -0.341 e. The number of carbonyl (C=O) groups is 1. The highest BCUT2D eigenvalue weighted by Crippen LogP contribution is 2.32. The van der Waals surface area contributed by atoms with E-state index < -0.39 is 0 Å². The monoisotopic (exact) mass is 491 g/mol. The van der Waals surface area contributed by atoms with Gasteiger partial charge in [-0.25, -0.2) is 4.98 Å². The van der Waals surface area contributed by atoms with E-state index in [1.54, 1.807) is 4.57 Å². The van der Waals surface area contributed by atoms with Crippen LogP contribution < -0.4 is 5.56 Å². The summed E-state index contributed by atoms with van der Waals surface area (Å²) < 4.78 is 3.51. The highest BCUT2D eigenvalue weighted by atomic mass is 32.2. The van der Waals surface area contributed by atoms with E-state index in [2.05, 4.69) is 26.0 Å². The van der Waals surface area contributed by atoms with E-state index in [0.717, 1.165) is 35.1 Å². The van der Waals surface area contributed by atoms with Crippen LogP contribution in [-0.2, 0) is 17.8 Å². The van der Waals surface area contributed by atoms with E-state index in [-0.39, 0.29) is 11.5 Å². The van der Waals surface area contributed by atoms with Crippen molar-refractivity contribution in [1.29, 1.82) is 0 Å². The molecule has 0 N–H and O–H groups in total. The predicted octanol–water partition coefficient (Wildman–Crippen LogP) is 5.45. The number of benzene rings is 2. The summed E-state index contributed by atoms with van der Waals surface area (Å²) in [6, 6.07) is 18.2. The number of hydrogen-bond donors (Lipinski definition) is 0. The summed E-state index contributed by atoms with van der Waals surface area (Å²) in [5.74, 6) is 1.47. The minimum absolute atomic E-state index is 0.0164. The lowest BCUT2D eigenvalue weighted by atomic mass is 9.92. The highest BCUT2D eigenvalue weighted by Gasteiger charge is 2.26. The van der Waals surface area contributed by atoms with Gasteiger partial charge in [0.2, 0.25) is 5.91 Å². The SMILES string of the molecule is C[C@@H]1C[C@@H](C)CN(C(=O)CSc2nc3c(sc4ccccc43)c(=O)n2CCc2ccccc2)C1. The molecule has 3 heterocycles. The maximum atomic E-state index is 13.6. The molecule has 2 atom stereocenters. The molecule has 1 aliphatic heterocycles. The van der Waals surface area contributed by atoms with Gasteiger partial charge in [-0.3, -0.25) is 14.2 Å². The first-order valence-corrected chi connectivity index (χ1v) is 13.7. The van der Waals surface area contributed by atoms with Crippen molar-refractivity contribution in [3.8, 4) is 0 Å². The van der Waals surface area contributed by atoms with Crippen molar-refractivity contribution in [3.63, 3.8) is 0 Å². The molecule has 7 heteroatoms. The van der Waals surface area contributed by atoms with Gasteiger partial charge >= 0.3 is 0 Å². The Bertz CT molecular complexity index is 1370. The zero-order chi connectivity index (χ0) is 23.7. The largest absolute Gasteiger partial charge is 0.341 e. The normalized spacial score (nSPS) is 18.6. The minimum atomic E-state index is -0.0164. The van der Waals surface area contributed by atoms with Crippen LogP contribution in [0, 0.1) is 11.8 Å². The van der Waals surface area contributed by atoms with Crippen LogP contribution >= 0.6 is 23.1 Å². The molecule has 0 unspecified atom stereocenters. The Morgan fingerprint density at radius 2 is 1.76 bits per heavy atom. The van der Waals surface area contributed by atoms with Crippen molar-refractivity contribution in [1.82, 2.24) is 14.5 Å². The number of likely N-dealkylation sites (tertiary alicyclic amines) is 1. The smallest absolute Gasteiger partial charge is 0.272 e. The summed E-state index contributed by atoms with van der Waals surface area (Å²) in [5, 5.41) is 1.63. The average Bonchev–Trinajstić information content (AvgIpc) is 3.21. The number of thioether (sulfide) groups is 1. The summed E-state index contributed by atoms with van der Waals surface area (Å²) in [6.45, 7) is 6.58. The number of nitrogens with zero attached hydrogens (tertiary/aromatic N) is 3. The Balaban J connectivity index is 1.47. The van der Waals surface area contributed by atoms with Gasteiger partial charge in [0, 0.05) is 29.7 Å². The average molecular weight is 492 g/mol. The molecule has 176 valence electrons. The van der Waals surface area contributed by atoms with Gasteiger partial charge in [-0.05, 0) is 36.3 Å². The number of aromatic nitrogens is 2. The molecule has 1 saturated heterocycles. The van der Waals surface area contributed by atoms with Crippen LogP contribution in [0.15, 0.2) is 64.5 Å². The fourth-order valence-electron chi connectivity index (χ4n) is 4.93. The summed E-state index contributed by atoms with van der Waals surface area (Å²) in [4.78, 5) is 33.6. The lowest BCUT2D eigenvalue weighted by Gasteiger charge is -2.35. The number of carbonyl (C=O) groups excluding carboxylic acids is 1. The fraction of sp³-hybridized carbons (Fsp3) is 0.370. The maximum Gasteiger partial charge on any atom is 0.272 e. The van der Waals surface area contributed by atoms with Gasteiger partial charge < -0.3 is 4.90 Å². The van der Waals surface area contributed by atoms with Crippen LogP contribution in [0.2, 0.25) is 0 Å². The third-order valence-electron chi connectivity index (χ3n) is 6.46. The molecule has 0 radical (unpaired) electrons.